The van der Waals surface area contributed by atoms with Crippen LogP contribution >= 0.6 is 0 Å². The fourth-order valence-corrected chi connectivity index (χ4v) is 11.0. The summed E-state index contributed by atoms with van der Waals surface area (Å²) in [4.78, 5) is 25.3. The van der Waals surface area contributed by atoms with Crippen molar-refractivity contribution in [2.24, 2.45) is 0 Å². The molecule has 1 aliphatic rings. The van der Waals surface area contributed by atoms with Crippen molar-refractivity contribution in [2.45, 2.75) is 130 Å². The van der Waals surface area contributed by atoms with Gasteiger partial charge in [-0.05, 0) is 80.1 Å². The molecule has 0 bridgehead atoms. The number of unbranched alkanes of at least 4 members (excludes halogenated alkanes) is 4. The van der Waals surface area contributed by atoms with E-state index in [1.807, 2.05) is 41.5 Å². The minimum atomic E-state index is -2.61. The van der Waals surface area contributed by atoms with Crippen LogP contribution in [0.1, 0.15) is 106 Å². The third-order valence-corrected chi connectivity index (χ3v) is 13.8. The maximum absolute atomic E-state index is 12.6. The molecule has 44 heavy (non-hydrogen) atoms. The van der Waals surface area contributed by atoms with Crippen molar-refractivity contribution in [3.63, 3.8) is 0 Å². The summed E-state index contributed by atoms with van der Waals surface area (Å²) in [5, 5.41) is 12.1. The van der Waals surface area contributed by atoms with Gasteiger partial charge >= 0.3 is 29.7 Å². The molecule has 12 nitrogen and oxygen atoms in total. The van der Waals surface area contributed by atoms with Gasteiger partial charge in [0.05, 0.1) is 12.1 Å². The summed E-state index contributed by atoms with van der Waals surface area (Å²) in [7, 11) is -5.22. The predicted octanol–water partition coefficient (Wildman–Crippen LogP) is 5.33. The molecule has 0 aromatic rings. The zero-order chi connectivity index (χ0) is 32.5. The lowest BCUT2D eigenvalue weighted by Crippen LogP contribution is -2.56. The largest absolute Gasteiger partial charge is 0.500 e. The van der Waals surface area contributed by atoms with Gasteiger partial charge in [-0.2, -0.15) is 0 Å². The van der Waals surface area contributed by atoms with Crippen molar-refractivity contribution in [1.82, 2.24) is 21.3 Å². The predicted molar refractivity (Wildman–Crippen MR) is 178 cm³/mol. The van der Waals surface area contributed by atoms with E-state index in [1.165, 1.54) is 0 Å². The second kappa shape index (κ2) is 24.9. The molecule has 1 saturated carbocycles. The molecule has 0 aromatic heterocycles. The highest BCUT2D eigenvalue weighted by Gasteiger charge is 2.40. The molecule has 2 unspecified atom stereocenters. The third kappa shape index (κ3) is 16.9. The number of hydrogen-bond acceptors (Lipinski definition) is 8. The molecule has 4 amide bonds. The van der Waals surface area contributed by atoms with Crippen LogP contribution in [0.5, 0.6) is 0 Å². The van der Waals surface area contributed by atoms with Crippen LogP contribution in [0, 0.1) is 0 Å². The molecule has 0 heterocycles. The standard InChI is InChI=1S/C30H64N4O8Si2/c1-7-37-43(38-8-2,39-9-3)25-19-13-17-23-31-29(35)33-27-21-15-16-22-28(27)34-30(36)32-24-18-14-20-26-44(40-10-4,41-11-5)42-12-6/h27-28H,7-26H2,1-6H3,(H2,31,33,35)(H2,32,34,36). The number of urea groups is 2. The molecule has 1 rings (SSSR count). The van der Waals surface area contributed by atoms with Gasteiger partial charge in [0.25, 0.3) is 0 Å². The molecule has 0 aliphatic heterocycles. The minimum Gasteiger partial charge on any atom is -0.374 e. The van der Waals surface area contributed by atoms with Crippen LogP contribution in [0.4, 0.5) is 9.59 Å². The highest BCUT2D eigenvalue weighted by atomic mass is 28.4. The summed E-state index contributed by atoms with van der Waals surface area (Å²) < 4.78 is 35.5. The Balaban J connectivity index is 2.33. The molecular weight excluding hydrogens is 601 g/mol. The van der Waals surface area contributed by atoms with Crippen LogP contribution in [-0.2, 0) is 26.6 Å². The van der Waals surface area contributed by atoms with Crippen molar-refractivity contribution >= 4 is 29.7 Å². The Bertz CT molecular complexity index is 662. The molecule has 4 N–H and O–H groups in total. The number of rotatable bonds is 26. The lowest BCUT2D eigenvalue weighted by Gasteiger charge is -2.32. The lowest BCUT2D eigenvalue weighted by molar-refractivity contribution is 0.0698. The number of carbonyl (C=O) groups is 2. The van der Waals surface area contributed by atoms with Crippen molar-refractivity contribution in [1.29, 1.82) is 0 Å². The fraction of sp³-hybridized carbons (Fsp3) is 0.933. The number of carbonyl (C=O) groups excluding carboxylic acids is 2. The van der Waals surface area contributed by atoms with Crippen molar-refractivity contribution in [3.8, 4) is 0 Å². The summed E-state index contributed by atoms with van der Waals surface area (Å²) in [5.74, 6) is 0. The smallest absolute Gasteiger partial charge is 0.374 e. The topological polar surface area (TPSA) is 138 Å². The number of hydrogen-bond donors (Lipinski definition) is 4. The summed E-state index contributed by atoms with van der Waals surface area (Å²) in [6, 6.07) is 1.03. The molecule has 0 radical (unpaired) electrons. The first-order chi connectivity index (χ1) is 21.3. The van der Waals surface area contributed by atoms with Gasteiger partial charge in [-0.25, -0.2) is 9.59 Å². The molecular formula is C30H64N4O8Si2. The molecule has 1 aliphatic carbocycles. The highest BCUT2D eigenvalue weighted by molar-refractivity contribution is 6.61. The Hall–Kier alpha value is -1.27. The van der Waals surface area contributed by atoms with E-state index in [4.69, 9.17) is 26.6 Å². The van der Waals surface area contributed by atoms with Crippen LogP contribution in [0.2, 0.25) is 12.1 Å². The number of nitrogens with one attached hydrogen (secondary N) is 4. The minimum absolute atomic E-state index is 0.0847. The molecule has 14 heteroatoms. The second-order valence-electron chi connectivity index (χ2n) is 10.9. The molecule has 260 valence electrons. The van der Waals surface area contributed by atoms with Crippen LogP contribution in [0.3, 0.4) is 0 Å². The van der Waals surface area contributed by atoms with E-state index in [2.05, 4.69) is 21.3 Å². The number of amides is 4. The van der Waals surface area contributed by atoms with E-state index in [9.17, 15) is 9.59 Å². The van der Waals surface area contributed by atoms with E-state index in [0.29, 0.717) is 52.7 Å². The first-order valence-electron chi connectivity index (χ1n) is 17.2. The Morgan fingerprint density at radius 3 is 1.14 bits per heavy atom. The molecule has 0 spiro atoms. The maximum atomic E-state index is 12.6. The van der Waals surface area contributed by atoms with E-state index >= 15 is 0 Å². The fourth-order valence-electron chi connectivity index (χ4n) is 5.61. The van der Waals surface area contributed by atoms with Gasteiger partial charge in [0.2, 0.25) is 0 Å². The van der Waals surface area contributed by atoms with Gasteiger partial charge < -0.3 is 47.8 Å². The average Bonchev–Trinajstić information content (AvgIpc) is 2.98. The van der Waals surface area contributed by atoms with E-state index in [0.717, 1.165) is 76.3 Å². The monoisotopic (exact) mass is 664 g/mol. The highest BCUT2D eigenvalue weighted by Crippen LogP contribution is 2.21. The molecule has 2 atom stereocenters. The van der Waals surface area contributed by atoms with Gasteiger partial charge in [0.15, 0.2) is 0 Å². The second-order valence-corrected chi connectivity index (χ2v) is 16.3. The average molecular weight is 665 g/mol. The molecule has 0 aromatic carbocycles. The summed E-state index contributed by atoms with van der Waals surface area (Å²) in [6.07, 6.45) is 9.24. The van der Waals surface area contributed by atoms with Crippen molar-refractivity contribution in [3.05, 3.63) is 0 Å². The van der Waals surface area contributed by atoms with Gasteiger partial charge in [-0.3, -0.25) is 0 Å². The Morgan fingerprint density at radius 2 is 0.841 bits per heavy atom. The normalized spacial score (nSPS) is 17.3. The SMILES string of the molecule is CCO[Si](CCCCCNC(=O)NC1CCCCC1NC(=O)NCCCCC[Si](OCC)(OCC)OCC)(OCC)OCC. The summed E-state index contributed by atoms with van der Waals surface area (Å²) in [5.41, 5.74) is 0. The quantitative estimate of drug-likeness (QED) is 0.0719. The van der Waals surface area contributed by atoms with Crippen LogP contribution in [0.15, 0.2) is 0 Å². The maximum Gasteiger partial charge on any atom is 0.500 e. The van der Waals surface area contributed by atoms with E-state index in [-0.39, 0.29) is 24.1 Å². The van der Waals surface area contributed by atoms with Gasteiger partial charge in [-0.1, -0.05) is 25.7 Å². The lowest BCUT2D eigenvalue weighted by atomic mass is 9.90. The Kier molecular flexibility index (Phi) is 23.1. The van der Waals surface area contributed by atoms with Gasteiger partial charge in [0.1, 0.15) is 0 Å². The molecule has 1 fully saturated rings. The van der Waals surface area contributed by atoms with Crippen molar-refractivity contribution in [2.75, 3.05) is 52.7 Å². The zero-order valence-corrected chi connectivity index (χ0v) is 30.6. The van der Waals surface area contributed by atoms with Crippen molar-refractivity contribution < 1.29 is 36.1 Å². The summed E-state index contributed by atoms with van der Waals surface area (Å²) >= 11 is 0. The third-order valence-electron chi connectivity index (χ3n) is 7.48. The summed E-state index contributed by atoms with van der Waals surface area (Å²) in [6.45, 7) is 16.4. The Morgan fingerprint density at radius 1 is 0.523 bits per heavy atom. The van der Waals surface area contributed by atoms with Crippen LogP contribution < -0.4 is 21.3 Å². The first kappa shape index (κ1) is 40.8. The Labute approximate surface area is 269 Å². The van der Waals surface area contributed by atoms with Crippen LogP contribution in [0.25, 0.3) is 0 Å². The van der Waals surface area contributed by atoms with Gasteiger partial charge in [-0.15, -0.1) is 0 Å². The van der Waals surface area contributed by atoms with E-state index < -0.39 is 17.6 Å². The zero-order valence-electron chi connectivity index (χ0n) is 28.6. The molecule has 0 saturated heterocycles. The van der Waals surface area contributed by atoms with E-state index in [1.54, 1.807) is 0 Å². The first-order valence-corrected chi connectivity index (χ1v) is 21.1. The van der Waals surface area contributed by atoms with Gasteiger partial charge in [0, 0.05) is 64.8 Å². The van der Waals surface area contributed by atoms with Crippen LogP contribution in [-0.4, -0.2) is 94.5 Å².